The zero-order valence-electron chi connectivity index (χ0n) is 37.9. The van der Waals surface area contributed by atoms with E-state index in [1.165, 1.54) is 5.56 Å². The summed E-state index contributed by atoms with van der Waals surface area (Å²) in [7, 11) is 7.37. The predicted octanol–water partition coefficient (Wildman–Crippen LogP) is 5.58. The Kier molecular flexibility index (Phi) is 13.7. The number of aromatic nitrogens is 3. The Morgan fingerprint density at radius 2 is 1.79 bits per heavy atom. The summed E-state index contributed by atoms with van der Waals surface area (Å²) < 4.78 is 25.6. The maximum absolute atomic E-state index is 14.4. The van der Waals surface area contributed by atoms with Gasteiger partial charge in [0, 0.05) is 113 Å². The monoisotopic (exact) mass is 870 g/mol. The summed E-state index contributed by atoms with van der Waals surface area (Å²) in [5, 5.41) is 9.38. The van der Waals surface area contributed by atoms with E-state index in [-0.39, 0.29) is 24.6 Å². The van der Waals surface area contributed by atoms with E-state index in [2.05, 4.69) is 89.5 Å². The lowest BCUT2D eigenvalue weighted by Crippen LogP contribution is -2.60. The van der Waals surface area contributed by atoms with Gasteiger partial charge in [0.15, 0.2) is 0 Å². The molecule has 1 aromatic carbocycles. The Morgan fingerprint density at radius 1 is 1.03 bits per heavy atom. The molecule has 4 aromatic rings. The molecule has 2 saturated heterocycles. The number of nitrogens with one attached hydrogen (secondary N) is 2. The van der Waals surface area contributed by atoms with Crippen LogP contribution in [0.4, 0.5) is 5.69 Å². The molecule has 0 radical (unpaired) electrons. The Morgan fingerprint density at radius 3 is 2.50 bits per heavy atom. The minimum Gasteiger partial charge on any atom is -0.464 e. The number of fused-ring (bicyclic) bond motifs is 6. The number of thiazole rings is 1. The predicted molar refractivity (Wildman–Crippen MR) is 243 cm³/mol. The number of likely N-dealkylation sites (N-methyl/N-ethyl adjacent to an activating group) is 1. The first kappa shape index (κ1) is 44.6. The number of cyclic esters (lactones) is 1. The van der Waals surface area contributed by atoms with E-state index in [4.69, 9.17) is 28.9 Å². The number of benzene rings is 1. The zero-order valence-corrected chi connectivity index (χ0v) is 38.7. The number of hydrogen-bond donors (Lipinski definition) is 2. The highest BCUT2D eigenvalue weighted by Gasteiger charge is 2.50. The molecule has 14 nitrogen and oxygen atoms in total. The summed E-state index contributed by atoms with van der Waals surface area (Å²) in [6.07, 6.45) is 4.10. The molecule has 1 unspecified atom stereocenters. The van der Waals surface area contributed by atoms with Crippen molar-refractivity contribution in [2.75, 3.05) is 92.4 Å². The molecule has 62 heavy (non-hydrogen) atoms. The van der Waals surface area contributed by atoms with Gasteiger partial charge in [-0.25, -0.2) is 10.4 Å². The number of ether oxygens (including phenoxy) is 4. The molecule has 3 aromatic heterocycles. The van der Waals surface area contributed by atoms with Crippen molar-refractivity contribution in [2.45, 2.75) is 78.1 Å². The van der Waals surface area contributed by atoms with Crippen molar-refractivity contribution >= 4 is 39.8 Å². The molecule has 3 fully saturated rings. The Labute approximate surface area is 370 Å². The maximum Gasteiger partial charge on any atom is 0.324 e. The molecule has 3 aliphatic heterocycles. The summed E-state index contributed by atoms with van der Waals surface area (Å²) in [6.45, 7) is 15.9. The minimum atomic E-state index is -0.628. The minimum absolute atomic E-state index is 0.0965. The van der Waals surface area contributed by atoms with Crippen LogP contribution in [0, 0.1) is 23.2 Å². The van der Waals surface area contributed by atoms with Gasteiger partial charge in [-0.05, 0) is 88.2 Å². The second-order valence-corrected chi connectivity index (χ2v) is 19.5. The zero-order chi connectivity index (χ0) is 43.7. The summed E-state index contributed by atoms with van der Waals surface area (Å²) in [4.78, 5) is 43.5. The van der Waals surface area contributed by atoms with Gasteiger partial charge >= 0.3 is 5.97 Å². The van der Waals surface area contributed by atoms with Gasteiger partial charge in [-0.1, -0.05) is 19.9 Å². The molecule has 15 heteroatoms. The SMILES string of the molecule is CCn1c(-c2cc(N3CCN(C)CC3)cnc2[C@H](C)OC)c2c3cc(ccc31)-c1csc(n1)C[C@H](NCC1[C@@H](COC)[C@H]1COC)C(=O)N1CCC[C@H](N1)C(=O)OCC(C)(C)C2. The number of carbonyl (C=O) groups is 2. The molecular formula is C47H66N8O6S. The van der Waals surface area contributed by atoms with Crippen LogP contribution < -0.4 is 15.6 Å². The number of pyridine rings is 1. The van der Waals surface area contributed by atoms with Crippen molar-refractivity contribution in [3.05, 3.63) is 52.1 Å². The van der Waals surface area contributed by atoms with Crippen molar-refractivity contribution in [1.82, 2.24) is 35.2 Å². The second kappa shape index (κ2) is 19.0. The van der Waals surface area contributed by atoms with E-state index >= 15 is 0 Å². The smallest absolute Gasteiger partial charge is 0.324 e. The number of nitrogens with zero attached hydrogens (tertiary/aromatic N) is 6. The molecule has 1 amide bonds. The highest BCUT2D eigenvalue weighted by Crippen LogP contribution is 2.46. The largest absolute Gasteiger partial charge is 0.464 e. The highest BCUT2D eigenvalue weighted by atomic mass is 32.1. The number of piperazine rings is 1. The van der Waals surface area contributed by atoms with Crippen LogP contribution in [0.3, 0.4) is 0 Å². The summed E-state index contributed by atoms with van der Waals surface area (Å²) in [5.41, 5.74) is 11.2. The molecule has 6 heterocycles. The third-order valence-electron chi connectivity index (χ3n) is 13.6. The van der Waals surface area contributed by atoms with Crippen molar-refractivity contribution < 1.29 is 28.5 Å². The fraction of sp³-hybridized carbons (Fsp3) is 0.617. The molecule has 6 bridgehead atoms. The molecule has 8 rings (SSSR count). The van der Waals surface area contributed by atoms with Crippen molar-refractivity contribution in [3.8, 4) is 22.5 Å². The van der Waals surface area contributed by atoms with Gasteiger partial charge < -0.3 is 38.6 Å². The number of aryl methyl sites for hydroxylation is 1. The van der Waals surface area contributed by atoms with Crippen LogP contribution in [0.2, 0.25) is 0 Å². The normalized spacial score (nSPS) is 25.2. The first-order valence-corrected chi connectivity index (χ1v) is 23.3. The van der Waals surface area contributed by atoms with Crippen molar-refractivity contribution in [3.63, 3.8) is 0 Å². The van der Waals surface area contributed by atoms with Gasteiger partial charge in [0.25, 0.3) is 5.91 Å². The number of methoxy groups -OCH3 is 3. The third-order valence-corrected chi connectivity index (χ3v) is 14.5. The van der Waals surface area contributed by atoms with Crippen LogP contribution in [0.15, 0.2) is 35.8 Å². The number of anilines is 1. The topological polar surface area (TPSA) is 136 Å². The number of esters is 1. The van der Waals surface area contributed by atoms with Gasteiger partial charge in [-0.3, -0.25) is 19.6 Å². The standard InChI is InChI=1S/C47H66N8O6S/c1-9-54-41-13-12-30-19-32(41)34(44(54)33-20-31(23-49-43(33)29(2)60-8)53-17-15-52(5)16-18-53)22-47(3,4)28-61-46(57)38-11-10-14-55(51-38)45(56)39(21-42-50-40(30)27-62-42)48-24-35-36(25-58-6)37(35)26-59-7/h12-13,19-20,23,27,29,35-39,48,51H,9-11,14-18,21-22,24-26,28H2,1-8H3/t29-,35?,36-,37+,38-,39-/m0/s1. The maximum atomic E-state index is 14.4. The van der Waals surface area contributed by atoms with E-state index in [0.717, 1.165) is 82.5 Å². The van der Waals surface area contributed by atoms with Crippen molar-refractivity contribution in [2.24, 2.45) is 23.2 Å². The Balaban J connectivity index is 1.22. The molecule has 1 saturated carbocycles. The van der Waals surface area contributed by atoms with Gasteiger partial charge in [-0.15, -0.1) is 11.3 Å². The lowest BCUT2D eigenvalue weighted by molar-refractivity contribution is -0.155. The van der Waals surface area contributed by atoms with Crippen LogP contribution in [-0.2, 0) is 47.9 Å². The molecule has 4 aliphatic rings. The van der Waals surface area contributed by atoms with E-state index in [1.54, 1.807) is 37.7 Å². The highest BCUT2D eigenvalue weighted by molar-refractivity contribution is 7.10. The van der Waals surface area contributed by atoms with Crippen LogP contribution in [0.5, 0.6) is 0 Å². The van der Waals surface area contributed by atoms with Crippen LogP contribution in [-0.4, -0.2) is 136 Å². The first-order chi connectivity index (χ1) is 29.9. The number of hydrogen-bond acceptors (Lipinski definition) is 13. The van der Waals surface area contributed by atoms with E-state index < -0.39 is 17.5 Å². The molecule has 336 valence electrons. The number of amides is 1. The van der Waals surface area contributed by atoms with Gasteiger partial charge in [0.05, 0.1) is 52.7 Å². The summed E-state index contributed by atoms with van der Waals surface area (Å²) in [5.74, 6) is 0.649. The lowest BCUT2D eigenvalue weighted by atomic mass is 9.84. The van der Waals surface area contributed by atoms with E-state index in [1.807, 2.05) is 6.20 Å². The average molecular weight is 871 g/mol. The molecule has 6 atom stereocenters. The fourth-order valence-corrected chi connectivity index (χ4v) is 10.7. The molecule has 0 spiro atoms. The second-order valence-electron chi connectivity index (χ2n) is 18.6. The molecule has 2 N–H and O–H groups in total. The third kappa shape index (κ3) is 9.31. The molecule has 1 aliphatic carbocycles. The van der Waals surface area contributed by atoms with Crippen LogP contribution >= 0.6 is 11.3 Å². The van der Waals surface area contributed by atoms with Gasteiger partial charge in [0.1, 0.15) is 6.04 Å². The quantitative estimate of drug-likeness (QED) is 0.172. The fourth-order valence-electron chi connectivity index (χ4n) is 9.87. The lowest BCUT2D eigenvalue weighted by Gasteiger charge is -2.35. The number of hydrazine groups is 1. The van der Waals surface area contributed by atoms with E-state index in [0.29, 0.717) is 69.7 Å². The van der Waals surface area contributed by atoms with Gasteiger partial charge in [0.2, 0.25) is 0 Å². The van der Waals surface area contributed by atoms with E-state index in [9.17, 15) is 9.59 Å². The van der Waals surface area contributed by atoms with Crippen LogP contribution in [0.1, 0.15) is 62.9 Å². The Bertz CT molecular complexity index is 2200. The summed E-state index contributed by atoms with van der Waals surface area (Å²) in [6, 6.07) is 7.81. The van der Waals surface area contributed by atoms with Crippen molar-refractivity contribution in [1.29, 1.82) is 0 Å². The average Bonchev–Trinajstić information content (AvgIpc) is 3.55. The number of rotatable bonds is 12. The Hall–Kier alpha value is -3.96. The summed E-state index contributed by atoms with van der Waals surface area (Å²) >= 11 is 1.58. The van der Waals surface area contributed by atoms with Crippen LogP contribution in [0.25, 0.3) is 33.4 Å². The molecular weight excluding hydrogens is 805 g/mol. The van der Waals surface area contributed by atoms with Gasteiger partial charge in [-0.2, -0.15) is 0 Å². The first-order valence-electron chi connectivity index (χ1n) is 22.4. The number of carbonyl (C=O) groups excluding carboxylic acids is 2.